The fraction of sp³-hybridized carbons (Fsp3) is 0.118. The van der Waals surface area contributed by atoms with Crippen LogP contribution in [0.4, 0.5) is 10.1 Å². The summed E-state index contributed by atoms with van der Waals surface area (Å²) in [5.41, 5.74) is 0.261. The van der Waals surface area contributed by atoms with Crippen LogP contribution in [0.1, 0.15) is 6.42 Å². The summed E-state index contributed by atoms with van der Waals surface area (Å²) < 4.78 is 14.5. The monoisotopic (exact) mass is 379 g/mol. The minimum Gasteiger partial charge on any atom is -0.323 e. The molecule has 0 radical (unpaired) electrons. The Kier molecular flexibility index (Phi) is 5.01. The number of fused-ring (bicyclic) bond motifs is 1. The highest BCUT2D eigenvalue weighted by atomic mass is 35.5. The summed E-state index contributed by atoms with van der Waals surface area (Å²) in [5, 5.41) is 3.57. The molecule has 0 saturated heterocycles. The number of rotatable bonds is 4. The van der Waals surface area contributed by atoms with Crippen LogP contribution in [0.2, 0.25) is 10.0 Å². The predicted molar refractivity (Wildman–Crippen MR) is 95.7 cm³/mol. The maximum atomic E-state index is 13.2. The first-order chi connectivity index (χ1) is 12.0. The number of benzene rings is 2. The highest BCUT2D eigenvalue weighted by Crippen LogP contribution is 2.29. The molecule has 0 unspecified atom stereocenters. The van der Waals surface area contributed by atoms with Crippen molar-refractivity contribution in [3.8, 4) is 0 Å². The van der Waals surface area contributed by atoms with E-state index in [4.69, 9.17) is 23.2 Å². The Morgan fingerprint density at radius 1 is 1.20 bits per heavy atom. The first-order valence-corrected chi connectivity index (χ1v) is 8.10. The van der Waals surface area contributed by atoms with Crippen molar-refractivity contribution in [2.75, 3.05) is 5.32 Å². The lowest BCUT2D eigenvalue weighted by molar-refractivity contribution is -0.116. The standard InChI is InChI=1S/C17H12Cl2FN3O2/c18-12-2-1-3-13(19)16(12)22-15(24)6-7-23-9-21-14-8-10(20)4-5-11(14)17(23)25/h1-5,8-9H,6-7H2,(H,22,24). The minimum absolute atomic E-state index is 0.0237. The van der Waals surface area contributed by atoms with Gasteiger partial charge in [-0.1, -0.05) is 29.3 Å². The summed E-state index contributed by atoms with van der Waals surface area (Å²) in [7, 11) is 0. The number of para-hydroxylation sites is 1. The average molecular weight is 380 g/mol. The van der Waals surface area contributed by atoms with Gasteiger partial charge in [-0.3, -0.25) is 14.2 Å². The molecule has 1 aromatic heterocycles. The van der Waals surface area contributed by atoms with Crippen LogP contribution in [-0.4, -0.2) is 15.5 Å². The molecule has 0 aliphatic rings. The number of aryl methyl sites for hydroxylation is 1. The Bertz CT molecular complexity index is 1000. The summed E-state index contributed by atoms with van der Waals surface area (Å²) in [6.07, 6.45) is 1.32. The minimum atomic E-state index is -0.465. The molecule has 3 rings (SSSR count). The Morgan fingerprint density at radius 3 is 2.64 bits per heavy atom. The zero-order valence-corrected chi connectivity index (χ0v) is 14.3. The average Bonchev–Trinajstić information content (AvgIpc) is 2.57. The van der Waals surface area contributed by atoms with Crippen LogP contribution in [0.15, 0.2) is 47.5 Å². The molecule has 2 aromatic carbocycles. The number of hydrogen-bond acceptors (Lipinski definition) is 3. The van der Waals surface area contributed by atoms with Crippen molar-refractivity contribution in [3.63, 3.8) is 0 Å². The second kappa shape index (κ2) is 7.21. The van der Waals surface area contributed by atoms with Crippen molar-refractivity contribution in [2.24, 2.45) is 0 Å². The van der Waals surface area contributed by atoms with E-state index in [0.29, 0.717) is 21.1 Å². The van der Waals surface area contributed by atoms with Gasteiger partial charge in [0.25, 0.3) is 5.56 Å². The van der Waals surface area contributed by atoms with E-state index in [1.165, 1.54) is 29.1 Å². The number of anilines is 1. The predicted octanol–water partition coefficient (Wildman–Crippen LogP) is 3.87. The van der Waals surface area contributed by atoms with E-state index in [0.717, 1.165) is 0 Å². The molecule has 0 aliphatic carbocycles. The molecule has 25 heavy (non-hydrogen) atoms. The molecule has 3 aromatic rings. The summed E-state index contributed by atoms with van der Waals surface area (Å²) >= 11 is 12.0. The van der Waals surface area contributed by atoms with Crippen LogP contribution in [-0.2, 0) is 11.3 Å². The summed E-state index contributed by atoms with van der Waals surface area (Å²) in [6, 6.07) is 8.65. The van der Waals surface area contributed by atoms with Gasteiger partial charge < -0.3 is 5.32 Å². The van der Waals surface area contributed by atoms with Gasteiger partial charge in [-0.25, -0.2) is 9.37 Å². The maximum Gasteiger partial charge on any atom is 0.261 e. The van der Waals surface area contributed by atoms with Gasteiger partial charge in [-0.15, -0.1) is 0 Å². The Balaban J connectivity index is 1.74. The van der Waals surface area contributed by atoms with Gasteiger partial charge in [0, 0.05) is 19.0 Å². The zero-order valence-electron chi connectivity index (χ0n) is 12.8. The topological polar surface area (TPSA) is 64.0 Å². The molecule has 8 heteroatoms. The molecule has 0 fully saturated rings. The van der Waals surface area contributed by atoms with Gasteiger partial charge in [0.05, 0.1) is 33.0 Å². The molecule has 1 N–H and O–H groups in total. The summed E-state index contributed by atoms with van der Waals surface area (Å²) in [5.74, 6) is -0.811. The molecular weight excluding hydrogens is 368 g/mol. The van der Waals surface area contributed by atoms with Crippen LogP contribution >= 0.6 is 23.2 Å². The van der Waals surface area contributed by atoms with Gasteiger partial charge in [-0.05, 0) is 24.3 Å². The number of nitrogens with zero attached hydrogens (tertiary/aromatic N) is 2. The largest absolute Gasteiger partial charge is 0.323 e. The maximum absolute atomic E-state index is 13.2. The molecular formula is C17H12Cl2FN3O2. The van der Waals surface area contributed by atoms with E-state index in [1.807, 2.05) is 0 Å². The van der Waals surface area contributed by atoms with Crippen molar-refractivity contribution < 1.29 is 9.18 Å². The van der Waals surface area contributed by atoms with Gasteiger partial charge in [0.1, 0.15) is 5.82 Å². The molecule has 0 spiro atoms. The highest BCUT2D eigenvalue weighted by Gasteiger charge is 2.11. The quantitative estimate of drug-likeness (QED) is 0.748. The smallest absolute Gasteiger partial charge is 0.261 e. The van der Waals surface area contributed by atoms with E-state index in [1.54, 1.807) is 18.2 Å². The van der Waals surface area contributed by atoms with Crippen molar-refractivity contribution >= 4 is 45.7 Å². The van der Waals surface area contributed by atoms with Crippen LogP contribution in [0.25, 0.3) is 10.9 Å². The van der Waals surface area contributed by atoms with Gasteiger partial charge in [0.2, 0.25) is 5.91 Å². The third kappa shape index (κ3) is 3.81. The number of halogens is 3. The Morgan fingerprint density at radius 2 is 1.92 bits per heavy atom. The lowest BCUT2D eigenvalue weighted by atomic mass is 10.2. The molecule has 0 atom stereocenters. The number of nitrogens with one attached hydrogen (secondary N) is 1. The SMILES string of the molecule is O=C(CCn1cnc2cc(F)ccc2c1=O)Nc1c(Cl)cccc1Cl. The van der Waals surface area contributed by atoms with Crippen molar-refractivity contribution in [2.45, 2.75) is 13.0 Å². The van der Waals surface area contributed by atoms with Gasteiger partial charge >= 0.3 is 0 Å². The van der Waals surface area contributed by atoms with E-state index in [-0.39, 0.29) is 29.9 Å². The first-order valence-electron chi connectivity index (χ1n) is 7.34. The highest BCUT2D eigenvalue weighted by molar-refractivity contribution is 6.39. The number of hydrogen-bond donors (Lipinski definition) is 1. The van der Waals surface area contributed by atoms with Crippen LogP contribution in [0.5, 0.6) is 0 Å². The number of aromatic nitrogens is 2. The van der Waals surface area contributed by atoms with Gasteiger partial charge in [-0.2, -0.15) is 0 Å². The van der Waals surface area contributed by atoms with E-state index in [9.17, 15) is 14.0 Å². The molecule has 0 bridgehead atoms. The van der Waals surface area contributed by atoms with E-state index >= 15 is 0 Å². The van der Waals surface area contributed by atoms with Gasteiger partial charge in [0.15, 0.2) is 0 Å². The number of amides is 1. The number of carbonyl (C=O) groups excluding carboxylic acids is 1. The lowest BCUT2D eigenvalue weighted by Crippen LogP contribution is -2.23. The molecule has 5 nitrogen and oxygen atoms in total. The number of carbonyl (C=O) groups is 1. The van der Waals surface area contributed by atoms with Crippen molar-refractivity contribution in [3.05, 3.63) is 68.9 Å². The van der Waals surface area contributed by atoms with Crippen LogP contribution in [0.3, 0.4) is 0 Å². The van der Waals surface area contributed by atoms with Crippen LogP contribution in [0, 0.1) is 5.82 Å². The fourth-order valence-corrected chi connectivity index (χ4v) is 2.82. The summed E-state index contributed by atoms with van der Waals surface area (Å²) in [6.45, 7) is 0.118. The molecule has 0 saturated carbocycles. The zero-order chi connectivity index (χ0) is 18.0. The third-order valence-electron chi connectivity index (χ3n) is 3.59. The Hall–Kier alpha value is -2.44. The van der Waals surface area contributed by atoms with Crippen molar-refractivity contribution in [1.82, 2.24) is 9.55 Å². The summed E-state index contributed by atoms with van der Waals surface area (Å²) in [4.78, 5) is 28.5. The second-order valence-corrected chi connectivity index (χ2v) is 6.11. The molecule has 0 aliphatic heterocycles. The van der Waals surface area contributed by atoms with E-state index in [2.05, 4.69) is 10.3 Å². The fourth-order valence-electron chi connectivity index (χ4n) is 2.33. The molecule has 1 heterocycles. The molecule has 128 valence electrons. The van der Waals surface area contributed by atoms with Crippen molar-refractivity contribution in [1.29, 1.82) is 0 Å². The van der Waals surface area contributed by atoms with E-state index < -0.39 is 5.82 Å². The normalized spacial score (nSPS) is 10.8. The molecule has 1 amide bonds. The second-order valence-electron chi connectivity index (χ2n) is 5.30. The third-order valence-corrected chi connectivity index (χ3v) is 4.22. The van der Waals surface area contributed by atoms with Crippen LogP contribution < -0.4 is 10.9 Å². The Labute approximate surface area is 152 Å². The lowest BCUT2D eigenvalue weighted by Gasteiger charge is -2.10. The first kappa shape index (κ1) is 17.4.